The maximum atomic E-state index is 12.9. The van der Waals surface area contributed by atoms with Crippen molar-refractivity contribution in [1.82, 2.24) is 5.32 Å². The Hall–Kier alpha value is -1.10. The fraction of sp³-hybridized carbons (Fsp3) is 0.462. The summed E-state index contributed by atoms with van der Waals surface area (Å²) in [7, 11) is 0. The van der Waals surface area contributed by atoms with E-state index in [2.05, 4.69) is 21.2 Å². The molecule has 0 aliphatic carbocycles. The van der Waals surface area contributed by atoms with Gasteiger partial charge < -0.3 is 10.1 Å². The van der Waals surface area contributed by atoms with Crippen molar-refractivity contribution in [3.8, 4) is 0 Å². The fourth-order valence-corrected chi connectivity index (χ4v) is 1.87. The second-order valence-corrected chi connectivity index (χ2v) is 5.85. The van der Waals surface area contributed by atoms with Gasteiger partial charge in [-0.2, -0.15) is 0 Å². The SMILES string of the molecule is CC(C)(C)NC(=O)OCCc1ccc(F)cc1Br. The van der Waals surface area contributed by atoms with Crippen molar-refractivity contribution in [3.63, 3.8) is 0 Å². The molecule has 0 bridgehead atoms. The highest BCUT2D eigenvalue weighted by molar-refractivity contribution is 9.10. The second-order valence-electron chi connectivity index (χ2n) is 5.00. The molecule has 0 heterocycles. The van der Waals surface area contributed by atoms with Crippen molar-refractivity contribution in [3.05, 3.63) is 34.1 Å². The molecule has 0 radical (unpaired) electrons. The first kappa shape index (κ1) is 15.0. The van der Waals surface area contributed by atoms with E-state index in [0.29, 0.717) is 10.9 Å². The molecule has 0 aromatic heterocycles. The number of amides is 1. The molecule has 1 aromatic carbocycles. The van der Waals surface area contributed by atoms with E-state index in [4.69, 9.17) is 4.74 Å². The molecule has 1 amide bonds. The van der Waals surface area contributed by atoms with Crippen molar-refractivity contribution in [2.24, 2.45) is 0 Å². The molecule has 0 atom stereocenters. The number of alkyl carbamates (subject to hydrolysis) is 1. The standard InChI is InChI=1S/C13H17BrFNO2/c1-13(2,3)16-12(17)18-7-6-9-4-5-10(15)8-11(9)14/h4-5,8H,6-7H2,1-3H3,(H,16,17). The van der Waals surface area contributed by atoms with Crippen LogP contribution in [0.4, 0.5) is 9.18 Å². The lowest BCUT2D eigenvalue weighted by molar-refractivity contribution is 0.139. The summed E-state index contributed by atoms with van der Waals surface area (Å²) in [4.78, 5) is 11.4. The Morgan fingerprint density at radius 3 is 2.67 bits per heavy atom. The van der Waals surface area contributed by atoms with E-state index >= 15 is 0 Å². The molecule has 0 aliphatic heterocycles. The average molecular weight is 318 g/mol. The van der Waals surface area contributed by atoms with Crippen molar-refractivity contribution in [2.75, 3.05) is 6.61 Å². The number of hydrogen-bond donors (Lipinski definition) is 1. The van der Waals surface area contributed by atoms with Gasteiger partial charge in [0.2, 0.25) is 0 Å². The van der Waals surface area contributed by atoms with E-state index in [-0.39, 0.29) is 18.0 Å². The van der Waals surface area contributed by atoms with E-state index in [0.717, 1.165) is 5.56 Å². The van der Waals surface area contributed by atoms with E-state index in [9.17, 15) is 9.18 Å². The van der Waals surface area contributed by atoms with Gasteiger partial charge in [-0.05, 0) is 38.5 Å². The third kappa shape index (κ3) is 5.49. The zero-order valence-corrected chi connectivity index (χ0v) is 12.3. The maximum absolute atomic E-state index is 12.9. The number of carbonyl (C=O) groups is 1. The monoisotopic (exact) mass is 317 g/mol. The highest BCUT2D eigenvalue weighted by Gasteiger charge is 2.14. The number of ether oxygens (including phenoxy) is 1. The molecular weight excluding hydrogens is 301 g/mol. The Kier molecular flexibility index (Phi) is 5.14. The second kappa shape index (κ2) is 6.18. The number of benzene rings is 1. The van der Waals surface area contributed by atoms with Gasteiger partial charge in [-0.25, -0.2) is 9.18 Å². The summed E-state index contributed by atoms with van der Waals surface area (Å²) in [5, 5.41) is 2.70. The molecule has 1 aromatic rings. The molecule has 1 rings (SSSR count). The Bertz CT molecular complexity index is 429. The first-order chi connectivity index (χ1) is 8.28. The average Bonchev–Trinajstić information content (AvgIpc) is 2.18. The molecule has 0 unspecified atom stereocenters. The number of nitrogens with one attached hydrogen (secondary N) is 1. The Balaban J connectivity index is 2.40. The summed E-state index contributed by atoms with van der Waals surface area (Å²) >= 11 is 3.27. The smallest absolute Gasteiger partial charge is 0.407 e. The van der Waals surface area contributed by atoms with Crippen LogP contribution in [0, 0.1) is 5.82 Å². The topological polar surface area (TPSA) is 38.3 Å². The number of rotatable bonds is 3. The molecule has 0 saturated carbocycles. The Labute approximate surface area is 115 Å². The largest absolute Gasteiger partial charge is 0.449 e. The van der Waals surface area contributed by atoms with Crippen LogP contribution < -0.4 is 5.32 Å². The number of carbonyl (C=O) groups excluding carboxylic acids is 1. The summed E-state index contributed by atoms with van der Waals surface area (Å²) in [5.41, 5.74) is 0.591. The third-order valence-corrected chi connectivity index (χ3v) is 2.83. The Morgan fingerprint density at radius 1 is 1.44 bits per heavy atom. The lowest BCUT2D eigenvalue weighted by atomic mass is 10.1. The first-order valence-corrected chi connectivity index (χ1v) is 6.46. The Morgan fingerprint density at radius 2 is 2.11 bits per heavy atom. The van der Waals surface area contributed by atoms with Gasteiger partial charge in [-0.3, -0.25) is 0 Å². The molecule has 3 nitrogen and oxygen atoms in total. The van der Waals surface area contributed by atoms with Crippen molar-refractivity contribution in [1.29, 1.82) is 0 Å². The van der Waals surface area contributed by atoms with Crippen LogP contribution >= 0.6 is 15.9 Å². The minimum absolute atomic E-state index is 0.256. The van der Waals surface area contributed by atoms with E-state index in [1.165, 1.54) is 12.1 Å². The van der Waals surface area contributed by atoms with Crippen LogP contribution in [0.3, 0.4) is 0 Å². The van der Waals surface area contributed by atoms with Gasteiger partial charge in [-0.1, -0.05) is 22.0 Å². The van der Waals surface area contributed by atoms with E-state index in [1.54, 1.807) is 6.07 Å². The minimum Gasteiger partial charge on any atom is -0.449 e. The molecule has 18 heavy (non-hydrogen) atoms. The molecule has 0 aliphatic rings. The molecule has 0 spiro atoms. The summed E-state index contributed by atoms with van der Waals surface area (Å²) < 4.78 is 18.6. The van der Waals surface area contributed by atoms with Gasteiger partial charge in [0.05, 0.1) is 6.61 Å². The summed E-state index contributed by atoms with van der Waals surface area (Å²) in [6, 6.07) is 4.45. The lowest BCUT2D eigenvalue weighted by Crippen LogP contribution is -2.41. The molecule has 100 valence electrons. The molecule has 0 saturated heterocycles. The van der Waals surface area contributed by atoms with Crippen LogP contribution in [0.2, 0.25) is 0 Å². The third-order valence-electron chi connectivity index (χ3n) is 2.10. The van der Waals surface area contributed by atoms with Crippen LogP contribution in [0.1, 0.15) is 26.3 Å². The summed E-state index contributed by atoms with van der Waals surface area (Å²) in [5.74, 6) is -0.294. The predicted molar refractivity (Wildman–Crippen MR) is 72.0 cm³/mol. The quantitative estimate of drug-likeness (QED) is 0.924. The lowest BCUT2D eigenvalue weighted by Gasteiger charge is -2.20. The van der Waals surface area contributed by atoms with Crippen molar-refractivity contribution in [2.45, 2.75) is 32.7 Å². The van der Waals surface area contributed by atoms with Gasteiger partial charge in [0.1, 0.15) is 5.82 Å². The van der Waals surface area contributed by atoms with Crippen molar-refractivity contribution < 1.29 is 13.9 Å². The summed E-state index contributed by atoms with van der Waals surface area (Å²) in [6.07, 6.45) is 0.0963. The van der Waals surface area contributed by atoms with Gasteiger partial charge in [0, 0.05) is 16.4 Å². The van der Waals surface area contributed by atoms with Crippen LogP contribution in [-0.4, -0.2) is 18.2 Å². The number of halogens is 2. The minimum atomic E-state index is -0.444. The van der Waals surface area contributed by atoms with Crippen molar-refractivity contribution >= 4 is 22.0 Å². The van der Waals surface area contributed by atoms with Crippen LogP contribution in [0.5, 0.6) is 0 Å². The van der Waals surface area contributed by atoms with Gasteiger partial charge in [0.15, 0.2) is 0 Å². The molecule has 5 heteroatoms. The molecule has 1 N–H and O–H groups in total. The number of hydrogen-bond acceptors (Lipinski definition) is 2. The maximum Gasteiger partial charge on any atom is 0.407 e. The molecule has 0 fully saturated rings. The van der Waals surface area contributed by atoms with Crippen LogP contribution in [0.25, 0.3) is 0 Å². The normalized spacial score (nSPS) is 11.2. The van der Waals surface area contributed by atoms with Gasteiger partial charge >= 0.3 is 6.09 Å². The zero-order valence-electron chi connectivity index (χ0n) is 10.7. The zero-order chi connectivity index (χ0) is 13.8. The van der Waals surface area contributed by atoms with Crippen LogP contribution in [0.15, 0.2) is 22.7 Å². The summed E-state index contributed by atoms with van der Waals surface area (Å²) in [6.45, 7) is 5.90. The van der Waals surface area contributed by atoms with E-state index in [1.807, 2.05) is 20.8 Å². The fourth-order valence-electron chi connectivity index (χ4n) is 1.32. The highest BCUT2D eigenvalue weighted by atomic mass is 79.9. The van der Waals surface area contributed by atoms with Gasteiger partial charge in [0.25, 0.3) is 0 Å². The molecular formula is C13H17BrFNO2. The highest BCUT2D eigenvalue weighted by Crippen LogP contribution is 2.18. The van der Waals surface area contributed by atoms with Crippen LogP contribution in [-0.2, 0) is 11.2 Å². The van der Waals surface area contributed by atoms with Gasteiger partial charge in [-0.15, -0.1) is 0 Å². The first-order valence-electron chi connectivity index (χ1n) is 5.67. The predicted octanol–water partition coefficient (Wildman–Crippen LogP) is 3.66. The van der Waals surface area contributed by atoms with E-state index < -0.39 is 6.09 Å².